The van der Waals surface area contributed by atoms with E-state index in [-0.39, 0.29) is 18.8 Å². The molecule has 0 radical (unpaired) electrons. The van der Waals surface area contributed by atoms with Crippen molar-refractivity contribution in [2.45, 2.75) is 12.7 Å². The zero-order valence-electron chi connectivity index (χ0n) is 15.6. The van der Waals surface area contributed by atoms with E-state index in [1.54, 1.807) is 6.20 Å². The molecular weight excluding hydrogens is 363 g/mol. The molecule has 0 amide bonds. The van der Waals surface area contributed by atoms with Crippen LogP contribution in [0.2, 0.25) is 0 Å². The molecule has 150 valence electrons. The molecule has 0 aliphatic heterocycles. The standard InChI is InChI=1S/C17H24F3N5O2/c1-21-4-5-25(2)11-13-10-23-24-15(13)12-8-14(17(18,19)20)16(22-9-12)27-7-6-26-3/h8-10,21H,4-7,11H2,1-3H3,(H,23,24). The molecule has 0 unspecified atom stereocenters. The second-order valence-corrected chi connectivity index (χ2v) is 6.02. The van der Waals surface area contributed by atoms with Crippen molar-refractivity contribution in [1.29, 1.82) is 0 Å². The summed E-state index contributed by atoms with van der Waals surface area (Å²) in [6, 6.07) is 1.02. The Bertz CT molecular complexity index is 721. The average Bonchev–Trinajstić information content (AvgIpc) is 3.07. The minimum absolute atomic E-state index is 0.0180. The van der Waals surface area contributed by atoms with Crippen LogP contribution in [0.4, 0.5) is 13.2 Å². The molecule has 0 bridgehead atoms. The van der Waals surface area contributed by atoms with Gasteiger partial charge in [-0.05, 0) is 20.2 Å². The van der Waals surface area contributed by atoms with Gasteiger partial charge in [-0.2, -0.15) is 18.3 Å². The third-order valence-electron chi connectivity index (χ3n) is 3.86. The van der Waals surface area contributed by atoms with Crippen LogP contribution in [0.3, 0.4) is 0 Å². The summed E-state index contributed by atoms with van der Waals surface area (Å²) in [7, 11) is 5.23. The molecule has 2 aromatic heterocycles. The summed E-state index contributed by atoms with van der Waals surface area (Å²) in [5.41, 5.74) is 0.567. The Morgan fingerprint density at radius 1 is 1.30 bits per heavy atom. The number of halogens is 3. The van der Waals surface area contributed by atoms with Gasteiger partial charge in [0.2, 0.25) is 5.88 Å². The fraction of sp³-hybridized carbons (Fsp3) is 0.529. The van der Waals surface area contributed by atoms with E-state index in [9.17, 15) is 13.2 Å². The van der Waals surface area contributed by atoms with Gasteiger partial charge in [-0.3, -0.25) is 5.10 Å². The van der Waals surface area contributed by atoms with Crippen LogP contribution < -0.4 is 10.1 Å². The number of nitrogens with one attached hydrogen (secondary N) is 2. The lowest BCUT2D eigenvalue weighted by Gasteiger charge is -2.17. The number of ether oxygens (including phenoxy) is 2. The molecule has 0 saturated heterocycles. The smallest absolute Gasteiger partial charge is 0.421 e. The number of aromatic amines is 1. The van der Waals surface area contributed by atoms with Gasteiger partial charge in [0.1, 0.15) is 12.2 Å². The van der Waals surface area contributed by atoms with Gasteiger partial charge in [-0.1, -0.05) is 0 Å². The zero-order valence-corrected chi connectivity index (χ0v) is 15.6. The number of H-pyrrole nitrogens is 1. The van der Waals surface area contributed by atoms with Gasteiger partial charge < -0.3 is 19.7 Å². The van der Waals surface area contributed by atoms with Gasteiger partial charge >= 0.3 is 6.18 Å². The first-order chi connectivity index (χ1) is 12.9. The van der Waals surface area contributed by atoms with Crippen molar-refractivity contribution < 1.29 is 22.6 Å². The van der Waals surface area contributed by atoms with E-state index in [1.807, 2.05) is 19.0 Å². The Kier molecular flexibility index (Phi) is 7.57. The van der Waals surface area contributed by atoms with Crippen molar-refractivity contribution in [3.63, 3.8) is 0 Å². The Morgan fingerprint density at radius 3 is 2.74 bits per heavy atom. The van der Waals surface area contributed by atoms with Gasteiger partial charge in [0.05, 0.1) is 12.3 Å². The highest BCUT2D eigenvalue weighted by Gasteiger charge is 2.36. The van der Waals surface area contributed by atoms with E-state index in [4.69, 9.17) is 9.47 Å². The Labute approximate surface area is 155 Å². The third-order valence-corrected chi connectivity index (χ3v) is 3.86. The topological polar surface area (TPSA) is 75.3 Å². The molecule has 10 heteroatoms. The van der Waals surface area contributed by atoms with Crippen molar-refractivity contribution in [2.75, 3.05) is 47.5 Å². The summed E-state index contributed by atoms with van der Waals surface area (Å²) in [6.07, 6.45) is -1.57. The van der Waals surface area contributed by atoms with Crippen LogP contribution in [0, 0.1) is 0 Å². The number of hydrogen-bond donors (Lipinski definition) is 2. The Morgan fingerprint density at radius 2 is 2.07 bits per heavy atom. The molecule has 2 rings (SSSR count). The molecule has 2 N–H and O–H groups in total. The summed E-state index contributed by atoms with van der Waals surface area (Å²) >= 11 is 0. The van der Waals surface area contributed by atoms with Gasteiger partial charge in [-0.25, -0.2) is 4.98 Å². The number of pyridine rings is 1. The van der Waals surface area contributed by atoms with E-state index < -0.39 is 17.6 Å². The quantitative estimate of drug-likeness (QED) is 0.609. The van der Waals surface area contributed by atoms with Crippen molar-refractivity contribution in [3.05, 3.63) is 29.6 Å². The lowest BCUT2D eigenvalue weighted by atomic mass is 10.1. The largest absolute Gasteiger partial charge is 0.475 e. The maximum absolute atomic E-state index is 13.4. The molecular formula is C17H24F3N5O2. The maximum Gasteiger partial charge on any atom is 0.421 e. The molecule has 0 aliphatic rings. The molecule has 2 heterocycles. The number of hydrogen-bond acceptors (Lipinski definition) is 6. The minimum Gasteiger partial charge on any atom is -0.475 e. The number of methoxy groups -OCH3 is 1. The van der Waals surface area contributed by atoms with Gasteiger partial charge in [-0.15, -0.1) is 0 Å². The summed E-state index contributed by atoms with van der Waals surface area (Å²) in [6.45, 7) is 2.29. The van der Waals surface area contributed by atoms with E-state index >= 15 is 0 Å². The molecule has 0 spiro atoms. The Balaban J connectivity index is 2.28. The summed E-state index contributed by atoms with van der Waals surface area (Å²) < 4.78 is 50.2. The Hall–Kier alpha value is -2.17. The monoisotopic (exact) mass is 387 g/mol. The van der Waals surface area contributed by atoms with Crippen molar-refractivity contribution in [2.24, 2.45) is 0 Å². The number of likely N-dealkylation sites (N-methyl/N-ethyl adjacent to an activating group) is 2. The number of aromatic nitrogens is 3. The minimum atomic E-state index is -4.59. The fourth-order valence-electron chi connectivity index (χ4n) is 2.48. The van der Waals surface area contributed by atoms with Crippen LogP contribution in [-0.4, -0.2) is 67.6 Å². The summed E-state index contributed by atoms with van der Waals surface area (Å²) in [4.78, 5) is 5.91. The predicted molar refractivity (Wildman–Crippen MR) is 94.5 cm³/mol. The summed E-state index contributed by atoms with van der Waals surface area (Å²) in [5.74, 6) is -0.466. The van der Waals surface area contributed by atoms with Crippen LogP contribution in [0.5, 0.6) is 5.88 Å². The third kappa shape index (κ3) is 5.91. The van der Waals surface area contributed by atoms with Crippen molar-refractivity contribution >= 4 is 0 Å². The second-order valence-electron chi connectivity index (χ2n) is 6.02. The molecule has 0 fully saturated rings. The van der Waals surface area contributed by atoms with E-state index in [0.717, 1.165) is 24.7 Å². The number of rotatable bonds is 10. The average molecular weight is 387 g/mol. The highest BCUT2D eigenvalue weighted by atomic mass is 19.4. The number of alkyl halides is 3. The number of nitrogens with zero attached hydrogens (tertiary/aromatic N) is 3. The van der Waals surface area contributed by atoms with Gasteiger partial charge in [0, 0.05) is 50.3 Å². The summed E-state index contributed by atoms with van der Waals surface area (Å²) in [5, 5.41) is 9.89. The first-order valence-corrected chi connectivity index (χ1v) is 8.42. The highest BCUT2D eigenvalue weighted by molar-refractivity contribution is 5.63. The van der Waals surface area contributed by atoms with Crippen LogP contribution in [0.1, 0.15) is 11.1 Å². The van der Waals surface area contributed by atoms with Crippen LogP contribution in [-0.2, 0) is 17.5 Å². The molecule has 2 aromatic rings. The zero-order chi connectivity index (χ0) is 19.9. The predicted octanol–water partition coefficient (Wildman–Crippen LogP) is 2.17. The van der Waals surface area contributed by atoms with Crippen LogP contribution >= 0.6 is 0 Å². The van der Waals surface area contributed by atoms with E-state index in [1.165, 1.54) is 13.3 Å². The molecule has 27 heavy (non-hydrogen) atoms. The van der Waals surface area contributed by atoms with Crippen molar-refractivity contribution in [1.82, 2.24) is 25.4 Å². The fourth-order valence-corrected chi connectivity index (χ4v) is 2.48. The molecule has 7 nitrogen and oxygen atoms in total. The molecule has 0 aliphatic carbocycles. The molecule has 0 saturated carbocycles. The van der Waals surface area contributed by atoms with Crippen LogP contribution in [0.25, 0.3) is 11.3 Å². The highest BCUT2D eigenvalue weighted by Crippen LogP contribution is 2.37. The SMILES string of the molecule is CNCCN(C)Cc1c[nH]nc1-c1cnc(OCCOC)c(C(F)(F)F)c1. The van der Waals surface area contributed by atoms with Gasteiger partial charge in [0.25, 0.3) is 0 Å². The van der Waals surface area contributed by atoms with E-state index in [0.29, 0.717) is 12.2 Å². The normalized spacial score (nSPS) is 12.0. The van der Waals surface area contributed by atoms with Gasteiger partial charge in [0.15, 0.2) is 0 Å². The van der Waals surface area contributed by atoms with Crippen molar-refractivity contribution in [3.8, 4) is 17.1 Å². The second kappa shape index (κ2) is 9.67. The van der Waals surface area contributed by atoms with E-state index in [2.05, 4.69) is 20.5 Å². The molecule has 0 atom stereocenters. The maximum atomic E-state index is 13.4. The lowest BCUT2D eigenvalue weighted by molar-refractivity contribution is -0.139. The first-order valence-electron chi connectivity index (χ1n) is 8.42. The first kappa shape index (κ1) is 21.1. The lowest BCUT2D eigenvalue weighted by Crippen LogP contribution is -2.27. The van der Waals surface area contributed by atoms with Crippen LogP contribution in [0.15, 0.2) is 18.5 Å². The molecule has 0 aromatic carbocycles.